The van der Waals surface area contributed by atoms with Gasteiger partial charge in [-0.15, -0.1) is 0 Å². The second-order valence-corrected chi connectivity index (χ2v) is 9.47. The summed E-state index contributed by atoms with van der Waals surface area (Å²) in [6, 6.07) is 9.23. The molecule has 1 rings (SSSR count). The summed E-state index contributed by atoms with van der Waals surface area (Å²) in [6.07, 6.45) is 9.43. The summed E-state index contributed by atoms with van der Waals surface area (Å²) in [4.78, 5) is 25.1. The molecule has 0 aromatic heterocycles. The molecule has 0 unspecified atom stereocenters. The van der Waals surface area contributed by atoms with E-state index < -0.39 is 17.7 Å². The van der Waals surface area contributed by atoms with E-state index in [4.69, 9.17) is 10.5 Å². The van der Waals surface area contributed by atoms with Crippen LogP contribution in [0, 0.1) is 0 Å². The summed E-state index contributed by atoms with van der Waals surface area (Å²) in [6.45, 7) is 8.29. The first-order valence-electron chi connectivity index (χ1n) is 12.3. The molecule has 0 saturated heterocycles. The number of amides is 1. The van der Waals surface area contributed by atoms with Gasteiger partial charge in [-0.05, 0) is 71.7 Å². The average Bonchev–Trinajstić information content (AvgIpc) is 2.73. The first kappa shape index (κ1) is 28.1. The van der Waals surface area contributed by atoms with E-state index in [2.05, 4.69) is 10.6 Å². The monoisotopic (exact) mass is 447 g/mol. The van der Waals surface area contributed by atoms with E-state index >= 15 is 0 Å². The Morgan fingerprint density at radius 2 is 1.50 bits per heavy atom. The molecular weight excluding hydrogens is 402 g/mol. The van der Waals surface area contributed by atoms with Gasteiger partial charge in [0.25, 0.3) is 0 Å². The number of benzene rings is 1. The van der Waals surface area contributed by atoms with E-state index in [0.29, 0.717) is 12.8 Å². The number of hydrogen-bond acceptors (Lipinski definition) is 5. The molecule has 1 amide bonds. The minimum atomic E-state index is -0.592. The molecule has 6 nitrogen and oxygen atoms in total. The Balaban J connectivity index is 2.30. The SMILES string of the molecule is CC(C)(C)OC(=O)N[C@H](Cc1ccccc1)C(=O)CCCCCCCCCNCCCN. The molecule has 32 heavy (non-hydrogen) atoms. The number of Topliss-reactive ketones (excluding diaryl/α,β-unsaturated/α-hetero) is 1. The number of carbonyl (C=O) groups excluding carboxylic acids is 2. The third kappa shape index (κ3) is 15.0. The van der Waals surface area contributed by atoms with Crippen LogP contribution in [-0.2, 0) is 16.0 Å². The Morgan fingerprint density at radius 1 is 0.906 bits per heavy atom. The molecule has 0 aliphatic carbocycles. The van der Waals surface area contributed by atoms with Gasteiger partial charge in [-0.2, -0.15) is 0 Å². The molecule has 0 radical (unpaired) electrons. The normalized spacial score (nSPS) is 12.4. The van der Waals surface area contributed by atoms with Crippen molar-refractivity contribution in [3.05, 3.63) is 35.9 Å². The average molecular weight is 448 g/mol. The largest absolute Gasteiger partial charge is 0.444 e. The zero-order valence-corrected chi connectivity index (χ0v) is 20.5. The van der Waals surface area contributed by atoms with E-state index in [-0.39, 0.29) is 5.78 Å². The van der Waals surface area contributed by atoms with Crippen LogP contribution >= 0.6 is 0 Å². The number of hydrogen-bond donors (Lipinski definition) is 3. The van der Waals surface area contributed by atoms with Crippen LogP contribution in [0.5, 0.6) is 0 Å². The van der Waals surface area contributed by atoms with Crippen molar-refractivity contribution in [3.63, 3.8) is 0 Å². The maximum atomic E-state index is 12.8. The van der Waals surface area contributed by atoms with E-state index in [0.717, 1.165) is 50.9 Å². The van der Waals surface area contributed by atoms with Crippen LogP contribution in [0.2, 0.25) is 0 Å². The molecule has 1 atom stereocenters. The topological polar surface area (TPSA) is 93.4 Å². The van der Waals surface area contributed by atoms with Crippen LogP contribution in [0.15, 0.2) is 30.3 Å². The molecule has 6 heteroatoms. The zero-order chi connectivity index (χ0) is 23.7. The first-order chi connectivity index (χ1) is 15.3. The van der Waals surface area contributed by atoms with Gasteiger partial charge in [0, 0.05) is 6.42 Å². The maximum Gasteiger partial charge on any atom is 0.408 e. The first-order valence-corrected chi connectivity index (χ1v) is 12.3. The molecule has 0 aliphatic rings. The van der Waals surface area contributed by atoms with Gasteiger partial charge in [0.15, 0.2) is 5.78 Å². The Bertz CT molecular complexity index is 629. The molecule has 0 bridgehead atoms. The molecule has 0 heterocycles. The number of ketones is 1. The second-order valence-electron chi connectivity index (χ2n) is 9.47. The Hall–Kier alpha value is -1.92. The van der Waals surface area contributed by atoms with Crippen molar-refractivity contribution in [1.82, 2.24) is 10.6 Å². The van der Waals surface area contributed by atoms with Crippen molar-refractivity contribution in [2.45, 2.75) is 96.6 Å². The van der Waals surface area contributed by atoms with Crippen LogP contribution in [-0.4, -0.2) is 43.2 Å². The van der Waals surface area contributed by atoms with Gasteiger partial charge < -0.3 is 21.1 Å². The van der Waals surface area contributed by atoms with Crippen LogP contribution in [0.3, 0.4) is 0 Å². The standard InChI is InChI=1S/C26H45N3O3/c1-26(2,3)32-25(31)29-23(21-22-15-10-9-11-16-22)24(30)17-12-7-5-4-6-8-13-19-28-20-14-18-27/h9-11,15-16,23,28H,4-8,12-14,17-21,27H2,1-3H3,(H,29,31)/t23-/m1/s1. The number of nitrogens with one attached hydrogen (secondary N) is 2. The maximum absolute atomic E-state index is 12.8. The quantitative estimate of drug-likeness (QED) is 0.300. The minimum absolute atomic E-state index is 0.0725. The summed E-state index contributed by atoms with van der Waals surface area (Å²) in [5, 5.41) is 6.20. The molecular formula is C26H45N3O3. The lowest BCUT2D eigenvalue weighted by Gasteiger charge is -2.23. The molecule has 1 aromatic rings. The molecule has 4 N–H and O–H groups in total. The highest BCUT2D eigenvalue weighted by Gasteiger charge is 2.24. The molecule has 1 aromatic carbocycles. The number of rotatable bonds is 17. The van der Waals surface area contributed by atoms with Crippen molar-refractivity contribution < 1.29 is 14.3 Å². The fourth-order valence-corrected chi connectivity index (χ4v) is 3.50. The predicted molar refractivity (Wildman–Crippen MR) is 132 cm³/mol. The van der Waals surface area contributed by atoms with Gasteiger partial charge in [-0.3, -0.25) is 4.79 Å². The lowest BCUT2D eigenvalue weighted by Crippen LogP contribution is -2.44. The summed E-state index contributed by atoms with van der Waals surface area (Å²) in [5.41, 5.74) is 5.91. The summed E-state index contributed by atoms with van der Waals surface area (Å²) < 4.78 is 5.36. The second kappa shape index (κ2) is 16.7. The van der Waals surface area contributed by atoms with Crippen molar-refractivity contribution in [2.24, 2.45) is 5.73 Å². The van der Waals surface area contributed by atoms with Crippen LogP contribution < -0.4 is 16.4 Å². The fourth-order valence-electron chi connectivity index (χ4n) is 3.50. The van der Waals surface area contributed by atoms with E-state index in [1.165, 1.54) is 25.7 Å². The summed E-state index contributed by atoms with van der Waals surface area (Å²) in [5.74, 6) is 0.0725. The van der Waals surface area contributed by atoms with Gasteiger partial charge >= 0.3 is 6.09 Å². The zero-order valence-electron chi connectivity index (χ0n) is 20.5. The number of unbranched alkanes of at least 4 members (excludes halogenated alkanes) is 6. The third-order valence-corrected chi connectivity index (χ3v) is 5.20. The van der Waals surface area contributed by atoms with Gasteiger partial charge in [-0.25, -0.2) is 4.79 Å². The Morgan fingerprint density at radius 3 is 2.12 bits per heavy atom. The lowest BCUT2D eigenvalue weighted by atomic mass is 9.98. The molecule has 0 aliphatic heterocycles. The summed E-state index contributed by atoms with van der Waals surface area (Å²) in [7, 11) is 0. The smallest absolute Gasteiger partial charge is 0.408 e. The molecule has 0 spiro atoms. The van der Waals surface area contributed by atoms with Crippen molar-refractivity contribution >= 4 is 11.9 Å². The van der Waals surface area contributed by atoms with Gasteiger partial charge in [0.1, 0.15) is 5.60 Å². The number of nitrogens with two attached hydrogens (primary N) is 1. The summed E-state index contributed by atoms with van der Waals surface area (Å²) >= 11 is 0. The highest BCUT2D eigenvalue weighted by molar-refractivity contribution is 5.87. The minimum Gasteiger partial charge on any atom is -0.444 e. The van der Waals surface area contributed by atoms with Gasteiger partial charge in [0.2, 0.25) is 0 Å². The van der Waals surface area contributed by atoms with Crippen molar-refractivity contribution in [3.8, 4) is 0 Å². The highest BCUT2D eigenvalue weighted by atomic mass is 16.6. The number of carbonyl (C=O) groups is 2. The molecule has 0 fully saturated rings. The van der Waals surface area contributed by atoms with Crippen LogP contribution in [0.25, 0.3) is 0 Å². The van der Waals surface area contributed by atoms with E-state index in [1.54, 1.807) is 0 Å². The molecule has 0 saturated carbocycles. The Labute approximate surface area is 195 Å². The van der Waals surface area contributed by atoms with Crippen LogP contribution in [0.1, 0.15) is 84.1 Å². The highest BCUT2D eigenvalue weighted by Crippen LogP contribution is 2.13. The van der Waals surface area contributed by atoms with E-state index in [1.807, 2.05) is 51.1 Å². The number of ether oxygens (including phenoxy) is 1. The molecule has 182 valence electrons. The van der Waals surface area contributed by atoms with E-state index in [9.17, 15) is 9.59 Å². The third-order valence-electron chi connectivity index (χ3n) is 5.20. The lowest BCUT2D eigenvalue weighted by molar-refractivity contribution is -0.121. The number of alkyl carbamates (subject to hydrolysis) is 1. The van der Waals surface area contributed by atoms with Gasteiger partial charge in [0.05, 0.1) is 6.04 Å². The van der Waals surface area contributed by atoms with Crippen molar-refractivity contribution in [2.75, 3.05) is 19.6 Å². The fraction of sp³-hybridized carbons (Fsp3) is 0.692. The van der Waals surface area contributed by atoms with Gasteiger partial charge in [-0.1, -0.05) is 62.4 Å². The predicted octanol–water partition coefficient (Wildman–Crippen LogP) is 4.75. The Kier molecular flexibility index (Phi) is 14.7. The van der Waals surface area contributed by atoms with Crippen molar-refractivity contribution in [1.29, 1.82) is 0 Å². The van der Waals surface area contributed by atoms with Crippen LogP contribution in [0.4, 0.5) is 4.79 Å².